The molecule has 0 amide bonds. The molecular weight excluding hydrogens is 242 g/mol. The average Bonchev–Trinajstić information content (AvgIpc) is 2.31. The zero-order chi connectivity index (χ0) is 13.0. The summed E-state index contributed by atoms with van der Waals surface area (Å²) in [6, 6.07) is 1.87. The Labute approximate surface area is 106 Å². The van der Waals surface area contributed by atoms with Crippen molar-refractivity contribution in [3.8, 4) is 11.5 Å². The van der Waals surface area contributed by atoms with E-state index in [1.54, 1.807) is 14.2 Å². The summed E-state index contributed by atoms with van der Waals surface area (Å²) in [5.74, 6) is 1.43. The molecule has 1 aromatic carbocycles. The molecule has 1 aromatic rings. The number of halogens is 1. The first-order valence-electron chi connectivity index (χ1n) is 5.37. The lowest BCUT2D eigenvalue weighted by Crippen LogP contribution is -2.10. The Hall–Kier alpha value is -0.970. The zero-order valence-electron chi connectivity index (χ0n) is 10.5. The summed E-state index contributed by atoms with van der Waals surface area (Å²) in [6.07, 6.45) is 0. The van der Waals surface area contributed by atoms with Crippen molar-refractivity contribution in [1.29, 1.82) is 0 Å². The van der Waals surface area contributed by atoms with Gasteiger partial charge in [0, 0.05) is 5.56 Å². The van der Waals surface area contributed by atoms with Gasteiger partial charge in [-0.25, -0.2) is 5.48 Å². The fourth-order valence-electron chi connectivity index (χ4n) is 1.73. The van der Waals surface area contributed by atoms with Crippen molar-refractivity contribution in [2.24, 2.45) is 0 Å². The number of benzene rings is 1. The summed E-state index contributed by atoms with van der Waals surface area (Å²) in [5, 5.41) is 9.45. The van der Waals surface area contributed by atoms with E-state index < -0.39 is 0 Å². The molecule has 0 radical (unpaired) electrons. The second-order valence-corrected chi connectivity index (χ2v) is 4.36. The molecule has 0 aliphatic heterocycles. The van der Waals surface area contributed by atoms with E-state index in [0.29, 0.717) is 22.1 Å². The lowest BCUT2D eigenvalue weighted by atomic mass is 9.99. The van der Waals surface area contributed by atoms with Gasteiger partial charge in [-0.3, -0.25) is 0 Å². The summed E-state index contributed by atoms with van der Waals surface area (Å²) >= 11 is 6.31. The van der Waals surface area contributed by atoms with Gasteiger partial charge in [-0.2, -0.15) is 0 Å². The first-order valence-corrected chi connectivity index (χ1v) is 5.74. The molecule has 0 fully saturated rings. The molecule has 0 spiro atoms. The predicted molar refractivity (Wildman–Crippen MR) is 67.3 cm³/mol. The van der Waals surface area contributed by atoms with Crippen molar-refractivity contribution in [3.63, 3.8) is 0 Å². The van der Waals surface area contributed by atoms with E-state index in [0.717, 1.165) is 5.56 Å². The highest BCUT2D eigenvalue weighted by molar-refractivity contribution is 6.32. The van der Waals surface area contributed by atoms with Gasteiger partial charge in [0.2, 0.25) is 0 Å². The van der Waals surface area contributed by atoms with E-state index in [-0.39, 0.29) is 12.5 Å². The summed E-state index contributed by atoms with van der Waals surface area (Å²) in [5.41, 5.74) is 3.76. The number of nitrogens with one attached hydrogen (secondary N) is 1. The molecule has 1 rings (SSSR count). The van der Waals surface area contributed by atoms with Crippen molar-refractivity contribution < 1.29 is 14.7 Å². The van der Waals surface area contributed by atoms with Crippen LogP contribution in [0.3, 0.4) is 0 Å². The van der Waals surface area contributed by atoms with E-state index >= 15 is 0 Å². The van der Waals surface area contributed by atoms with Crippen LogP contribution in [-0.2, 0) is 6.54 Å². The summed E-state index contributed by atoms with van der Waals surface area (Å²) in [6.45, 7) is 4.30. The first kappa shape index (κ1) is 14.1. The van der Waals surface area contributed by atoms with Crippen LogP contribution in [0.5, 0.6) is 11.5 Å². The van der Waals surface area contributed by atoms with Crippen LogP contribution < -0.4 is 15.0 Å². The molecule has 0 saturated carbocycles. The smallest absolute Gasteiger partial charge is 0.166 e. The van der Waals surface area contributed by atoms with Crippen LogP contribution in [0, 0.1) is 0 Å². The molecule has 0 atom stereocenters. The van der Waals surface area contributed by atoms with E-state index in [9.17, 15) is 0 Å². The molecule has 0 aliphatic rings. The number of hydroxylamine groups is 1. The molecule has 0 bridgehead atoms. The Balaban J connectivity index is 3.45. The molecule has 0 aromatic heterocycles. The van der Waals surface area contributed by atoms with Crippen molar-refractivity contribution in [3.05, 3.63) is 22.2 Å². The fourth-order valence-corrected chi connectivity index (χ4v) is 2.15. The van der Waals surface area contributed by atoms with Gasteiger partial charge in [0.25, 0.3) is 0 Å². The number of hydrogen-bond acceptors (Lipinski definition) is 4. The summed E-state index contributed by atoms with van der Waals surface area (Å²) in [7, 11) is 3.12. The number of rotatable bonds is 5. The third-order valence-electron chi connectivity index (χ3n) is 2.60. The second-order valence-electron chi connectivity index (χ2n) is 3.98. The third-order valence-corrected chi connectivity index (χ3v) is 3.05. The van der Waals surface area contributed by atoms with Crippen molar-refractivity contribution in [2.75, 3.05) is 14.2 Å². The normalized spacial score (nSPS) is 10.8. The lowest BCUT2D eigenvalue weighted by Gasteiger charge is -2.18. The molecule has 4 nitrogen and oxygen atoms in total. The van der Waals surface area contributed by atoms with Crippen molar-refractivity contribution in [2.45, 2.75) is 26.3 Å². The van der Waals surface area contributed by atoms with Gasteiger partial charge in [-0.05, 0) is 17.5 Å². The number of hydrogen-bond donors (Lipinski definition) is 2. The Bertz CT molecular complexity index is 394. The van der Waals surface area contributed by atoms with Gasteiger partial charge in [0.1, 0.15) is 0 Å². The maximum Gasteiger partial charge on any atom is 0.166 e. The molecule has 0 unspecified atom stereocenters. The molecular formula is C12H18ClNO3. The highest BCUT2D eigenvalue weighted by Crippen LogP contribution is 2.41. The van der Waals surface area contributed by atoms with Crippen LogP contribution in [0.15, 0.2) is 6.07 Å². The standard InChI is InChI=1S/C12H18ClNO3/c1-7(2)8-5-10(16-3)12(17-4)9(6-14-15)11(8)13/h5,7,14-15H,6H2,1-4H3. The predicted octanol–water partition coefficient (Wildman–Crippen LogP) is 2.96. The minimum atomic E-state index is 0.207. The molecule has 5 heteroatoms. The Morgan fingerprint density at radius 1 is 1.35 bits per heavy atom. The van der Waals surface area contributed by atoms with Gasteiger partial charge in [-0.1, -0.05) is 25.4 Å². The van der Waals surface area contributed by atoms with Gasteiger partial charge in [0.05, 0.1) is 25.8 Å². The number of ether oxygens (including phenoxy) is 2. The van der Waals surface area contributed by atoms with Crippen molar-refractivity contribution >= 4 is 11.6 Å². The summed E-state index contributed by atoms with van der Waals surface area (Å²) in [4.78, 5) is 0. The topological polar surface area (TPSA) is 50.7 Å². The molecule has 0 heterocycles. The van der Waals surface area contributed by atoms with Crippen LogP contribution in [0.4, 0.5) is 0 Å². The number of methoxy groups -OCH3 is 2. The first-order chi connectivity index (χ1) is 8.06. The highest BCUT2D eigenvalue weighted by Gasteiger charge is 2.19. The Morgan fingerprint density at radius 3 is 2.41 bits per heavy atom. The molecule has 0 aliphatic carbocycles. The van der Waals surface area contributed by atoms with Crippen molar-refractivity contribution in [1.82, 2.24) is 5.48 Å². The lowest BCUT2D eigenvalue weighted by molar-refractivity contribution is 0.160. The van der Waals surface area contributed by atoms with E-state index in [1.165, 1.54) is 0 Å². The SMILES string of the molecule is COc1cc(C(C)C)c(Cl)c(CNO)c1OC. The van der Waals surface area contributed by atoms with Gasteiger partial charge in [-0.15, -0.1) is 0 Å². The minimum Gasteiger partial charge on any atom is -0.493 e. The van der Waals surface area contributed by atoms with E-state index in [4.69, 9.17) is 26.3 Å². The van der Waals surface area contributed by atoms with Crippen LogP contribution in [0.1, 0.15) is 30.9 Å². The van der Waals surface area contributed by atoms with Gasteiger partial charge in [0.15, 0.2) is 11.5 Å². The Kier molecular flexibility index (Phi) is 5.05. The zero-order valence-corrected chi connectivity index (χ0v) is 11.3. The highest BCUT2D eigenvalue weighted by atomic mass is 35.5. The average molecular weight is 260 g/mol. The van der Waals surface area contributed by atoms with Crippen LogP contribution in [0.25, 0.3) is 0 Å². The maximum absolute atomic E-state index is 8.85. The molecule has 17 heavy (non-hydrogen) atoms. The molecule has 96 valence electrons. The van der Waals surface area contributed by atoms with Crippen LogP contribution >= 0.6 is 11.6 Å². The van der Waals surface area contributed by atoms with E-state index in [2.05, 4.69) is 5.48 Å². The monoisotopic (exact) mass is 259 g/mol. The van der Waals surface area contributed by atoms with Crippen LogP contribution in [0.2, 0.25) is 5.02 Å². The summed E-state index contributed by atoms with van der Waals surface area (Å²) < 4.78 is 10.6. The molecule has 0 saturated heterocycles. The fraction of sp³-hybridized carbons (Fsp3) is 0.500. The second kappa shape index (κ2) is 6.10. The molecule has 2 N–H and O–H groups in total. The van der Waals surface area contributed by atoms with Gasteiger partial charge >= 0.3 is 0 Å². The van der Waals surface area contributed by atoms with E-state index in [1.807, 2.05) is 19.9 Å². The largest absolute Gasteiger partial charge is 0.493 e. The maximum atomic E-state index is 8.85. The minimum absolute atomic E-state index is 0.207. The van der Waals surface area contributed by atoms with Gasteiger partial charge < -0.3 is 14.7 Å². The third kappa shape index (κ3) is 2.83. The van der Waals surface area contributed by atoms with Crippen LogP contribution in [-0.4, -0.2) is 19.4 Å². The quantitative estimate of drug-likeness (QED) is 0.799. The Morgan fingerprint density at radius 2 is 2.00 bits per heavy atom.